The Kier molecular flexibility index (Phi) is 3.57. The first-order chi connectivity index (χ1) is 8.65. The predicted molar refractivity (Wildman–Crippen MR) is 67.3 cm³/mol. The van der Waals surface area contributed by atoms with Crippen molar-refractivity contribution in [3.63, 3.8) is 0 Å². The van der Waals surface area contributed by atoms with E-state index in [2.05, 4.69) is 25.6 Å². The number of hydrogen-bond acceptors (Lipinski definition) is 5. The summed E-state index contributed by atoms with van der Waals surface area (Å²) in [6.07, 6.45) is 0. The molecular weight excluding hydrogens is 232 g/mol. The number of benzene rings is 1. The molecular formula is C12H14N4O2. The van der Waals surface area contributed by atoms with Crippen LogP contribution in [0.4, 0.5) is 11.5 Å². The Morgan fingerprint density at radius 1 is 1.22 bits per heavy atom. The maximum atomic E-state index is 11.6. The minimum Gasteiger partial charge on any atom is -0.376 e. The highest BCUT2D eigenvalue weighted by Gasteiger charge is 2.08. The summed E-state index contributed by atoms with van der Waals surface area (Å²) >= 11 is 0. The molecule has 2 aromatic rings. The van der Waals surface area contributed by atoms with Gasteiger partial charge in [0.1, 0.15) is 5.69 Å². The number of carbonyl (C=O) groups is 1. The minimum absolute atomic E-state index is 0.162. The second-order valence-electron chi connectivity index (χ2n) is 3.97. The van der Waals surface area contributed by atoms with Crippen LogP contribution in [0.15, 0.2) is 28.9 Å². The van der Waals surface area contributed by atoms with E-state index in [1.807, 2.05) is 31.2 Å². The van der Waals surface area contributed by atoms with Crippen molar-refractivity contribution in [1.82, 2.24) is 10.3 Å². The van der Waals surface area contributed by atoms with Crippen LogP contribution in [-0.4, -0.2) is 22.8 Å². The molecule has 94 valence electrons. The van der Waals surface area contributed by atoms with Crippen LogP contribution in [0.25, 0.3) is 0 Å². The number of anilines is 2. The Balaban J connectivity index is 1.85. The standard InChI is InChI=1S/C12H14N4O2/c1-8-3-5-10(6-4-8)13-7-11(17)14-12-9(2)15-18-16-12/h3-6,13H,7H2,1-2H3,(H,14,16,17). The Labute approximate surface area is 104 Å². The number of hydrogen-bond donors (Lipinski definition) is 2. The smallest absolute Gasteiger partial charge is 0.244 e. The molecule has 18 heavy (non-hydrogen) atoms. The van der Waals surface area contributed by atoms with Crippen LogP contribution in [0.3, 0.4) is 0 Å². The first-order valence-corrected chi connectivity index (χ1v) is 5.54. The zero-order valence-corrected chi connectivity index (χ0v) is 10.2. The molecule has 1 aromatic carbocycles. The zero-order chi connectivity index (χ0) is 13.0. The van der Waals surface area contributed by atoms with E-state index in [9.17, 15) is 4.79 Å². The quantitative estimate of drug-likeness (QED) is 0.858. The summed E-state index contributed by atoms with van der Waals surface area (Å²) in [5, 5.41) is 12.8. The fourth-order valence-electron chi connectivity index (χ4n) is 1.38. The number of nitrogens with one attached hydrogen (secondary N) is 2. The highest BCUT2D eigenvalue weighted by molar-refractivity contribution is 5.93. The van der Waals surface area contributed by atoms with Gasteiger partial charge < -0.3 is 10.6 Å². The van der Waals surface area contributed by atoms with Crippen LogP contribution in [0.1, 0.15) is 11.3 Å². The fraction of sp³-hybridized carbons (Fsp3) is 0.250. The van der Waals surface area contributed by atoms with Crippen molar-refractivity contribution in [3.8, 4) is 0 Å². The number of nitrogens with zero attached hydrogens (tertiary/aromatic N) is 2. The summed E-state index contributed by atoms with van der Waals surface area (Å²) in [5.41, 5.74) is 2.62. The number of amides is 1. The molecule has 1 heterocycles. The van der Waals surface area contributed by atoms with E-state index in [1.54, 1.807) is 6.92 Å². The van der Waals surface area contributed by atoms with E-state index in [-0.39, 0.29) is 12.5 Å². The summed E-state index contributed by atoms with van der Waals surface area (Å²) in [6, 6.07) is 7.80. The minimum atomic E-state index is -0.200. The van der Waals surface area contributed by atoms with Gasteiger partial charge in [0.05, 0.1) is 6.54 Å². The molecule has 6 heteroatoms. The van der Waals surface area contributed by atoms with Gasteiger partial charge in [-0.3, -0.25) is 4.79 Å². The predicted octanol–water partition coefficient (Wildman–Crippen LogP) is 1.74. The van der Waals surface area contributed by atoms with Gasteiger partial charge >= 0.3 is 0 Å². The fourth-order valence-corrected chi connectivity index (χ4v) is 1.38. The number of rotatable bonds is 4. The lowest BCUT2D eigenvalue weighted by Gasteiger charge is -2.06. The Bertz CT molecular complexity index is 533. The van der Waals surface area contributed by atoms with E-state index in [0.29, 0.717) is 11.5 Å². The average molecular weight is 246 g/mol. The van der Waals surface area contributed by atoms with Gasteiger partial charge in [0, 0.05) is 5.69 Å². The van der Waals surface area contributed by atoms with Crippen LogP contribution in [0.2, 0.25) is 0 Å². The van der Waals surface area contributed by atoms with Gasteiger partial charge in [0.25, 0.3) is 0 Å². The van der Waals surface area contributed by atoms with E-state index in [1.165, 1.54) is 5.56 Å². The van der Waals surface area contributed by atoms with Crippen molar-refractivity contribution < 1.29 is 9.42 Å². The summed E-state index contributed by atoms with van der Waals surface area (Å²) in [7, 11) is 0. The molecule has 0 fully saturated rings. The molecule has 0 aliphatic rings. The van der Waals surface area contributed by atoms with Gasteiger partial charge in [-0.2, -0.15) is 0 Å². The second-order valence-corrected chi connectivity index (χ2v) is 3.97. The molecule has 1 amide bonds. The normalized spacial score (nSPS) is 10.1. The van der Waals surface area contributed by atoms with Crippen LogP contribution in [0, 0.1) is 13.8 Å². The third-order valence-electron chi connectivity index (χ3n) is 2.42. The third-order valence-corrected chi connectivity index (χ3v) is 2.42. The second kappa shape index (κ2) is 5.31. The summed E-state index contributed by atoms with van der Waals surface area (Å²) < 4.78 is 4.49. The van der Waals surface area contributed by atoms with Crippen molar-refractivity contribution in [1.29, 1.82) is 0 Å². The third kappa shape index (κ3) is 3.07. The van der Waals surface area contributed by atoms with E-state index >= 15 is 0 Å². The van der Waals surface area contributed by atoms with Crippen LogP contribution >= 0.6 is 0 Å². The molecule has 0 atom stereocenters. The molecule has 0 aliphatic heterocycles. The van der Waals surface area contributed by atoms with E-state index in [4.69, 9.17) is 0 Å². The van der Waals surface area contributed by atoms with Crippen molar-refractivity contribution in [2.75, 3.05) is 17.2 Å². The maximum absolute atomic E-state index is 11.6. The maximum Gasteiger partial charge on any atom is 0.244 e. The van der Waals surface area contributed by atoms with Crippen molar-refractivity contribution in [3.05, 3.63) is 35.5 Å². The van der Waals surface area contributed by atoms with Gasteiger partial charge in [-0.1, -0.05) is 22.9 Å². The summed E-state index contributed by atoms with van der Waals surface area (Å²) in [4.78, 5) is 11.6. The molecule has 0 spiro atoms. The molecule has 2 N–H and O–H groups in total. The molecule has 0 saturated heterocycles. The number of carbonyl (C=O) groups excluding carboxylic acids is 1. The molecule has 0 aliphatic carbocycles. The number of aryl methyl sites for hydroxylation is 2. The zero-order valence-electron chi connectivity index (χ0n) is 10.2. The van der Waals surface area contributed by atoms with Gasteiger partial charge in [-0.25, -0.2) is 4.63 Å². The number of aromatic nitrogens is 2. The highest BCUT2D eigenvalue weighted by atomic mass is 16.6. The van der Waals surface area contributed by atoms with E-state index in [0.717, 1.165) is 5.69 Å². The lowest BCUT2D eigenvalue weighted by Crippen LogP contribution is -2.22. The molecule has 0 bridgehead atoms. The molecule has 6 nitrogen and oxygen atoms in total. The lowest BCUT2D eigenvalue weighted by atomic mass is 10.2. The van der Waals surface area contributed by atoms with Crippen molar-refractivity contribution in [2.24, 2.45) is 0 Å². The molecule has 1 aromatic heterocycles. The van der Waals surface area contributed by atoms with Gasteiger partial charge in [-0.05, 0) is 31.1 Å². The van der Waals surface area contributed by atoms with E-state index < -0.39 is 0 Å². The van der Waals surface area contributed by atoms with Gasteiger partial charge in [-0.15, -0.1) is 0 Å². The molecule has 0 saturated carbocycles. The summed E-state index contributed by atoms with van der Waals surface area (Å²) in [6.45, 7) is 3.88. The Morgan fingerprint density at radius 3 is 2.56 bits per heavy atom. The Hall–Kier alpha value is -2.37. The van der Waals surface area contributed by atoms with Crippen LogP contribution in [-0.2, 0) is 4.79 Å². The van der Waals surface area contributed by atoms with Gasteiger partial charge in [0.2, 0.25) is 5.91 Å². The first-order valence-electron chi connectivity index (χ1n) is 5.54. The highest BCUT2D eigenvalue weighted by Crippen LogP contribution is 2.09. The lowest BCUT2D eigenvalue weighted by molar-refractivity contribution is -0.114. The Morgan fingerprint density at radius 2 is 1.94 bits per heavy atom. The SMILES string of the molecule is Cc1ccc(NCC(=O)Nc2nonc2C)cc1. The topological polar surface area (TPSA) is 80.0 Å². The van der Waals surface area contributed by atoms with Gasteiger partial charge in [0.15, 0.2) is 5.82 Å². The van der Waals surface area contributed by atoms with Crippen molar-refractivity contribution >= 4 is 17.4 Å². The summed E-state index contributed by atoms with van der Waals surface area (Å²) in [5.74, 6) is 0.153. The van der Waals surface area contributed by atoms with Crippen LogP contribution < -0.4 is 10.6 Å². The average Bonchev–Trinajstić information content (AvgIpc) is 2.74. The molecule has 2 rings (SSSR count). The monoisotopic (exact) mass is 246 g/mol. The molecule has 0 radical (unpaired) electrons. The first kappa shape index (κ1) is 12.1. The van der Waals surface area contributed by atoms with Crippen molar-refractivity contribution in [2.45, 2.75) is 13.8 Å². The van der Waals surface area contributed by atoms with Crippen LogP contribution in [0.5, 0.6) is 0 Å². The molecule has 0 unspecified atom stereocenters. The largest absolute Gasteiger partial charge is 0.376 e.